The summed E-state index contributed by atoms with van der Waals surface area (Å²) >= 11 is 0. The van der Waals surface area contributed by atoms with Gasteiger partial charge in [-0.3, -0.25) is 4.79 Å². The lowest BCUT2D eigenvalue weighted by atomic mass is 9.94. The highest BCUT2D eigenvalue weighted by molar-refractivity contribution is 5.80. The van der Waals surface area contributed by atoms with Crippen molar-refractivity contribution < 1.29 is 14.1 Å². The molecule has 4 rings (SSSR count). The normalized spacial score (nSPS) is 21.4. The number of aryl methyl sites for hydroxylation is 1. The van der Waals surface area contributed by atoms with E-state index in [4.69, 9.17) is 9.26 Å². The van der Waals surface area contributed by atoms with Crippen LogP contribution in [0.15, 0.2) is 22.7 Å². The van der Waals surface area contributed by atoms with E-state index in [0.29, 0.717) is 30.7 Å². The molecule has 1 amide bonds. The largest absolute Gasteiger partial charge is 0.497 e. The SMILES string of the molecule is COc1ccc(-c2nc([C@H]3CC(=O)N(C4CCCCC4)C3)no2)c(C)c1. The number of carbonyl (C=O) groups is 1. The highest BCUT2D eigenvalue weighted by Crippen LogP contribution is 2.34. The molecule has 2 aliphatic rings. The van der Waals surface area contributed by atoms with Crippen molar-refractivity contribution in [3.63, 3.8) is 0 Å². The number of nitrogens with zero attached hydrogens (tertiary/aromatic N) is 3. The molecule has 0 N–H and O–H groups in total. The van der Waals surface area contributed by atoms with Crippen LogP contribution in [0.1, 0.15) is 55.8 Å². The first-order chi connectivity index (χ1) is 12.7. The standard InChI is InChI=1S/C20H25N3O3/c1-13-10-16(25-2)8-9-17(13)20-21-19(22-26-20)14-11-18(24)23(12-14)15-6-4-3-5-7-15/h8-10,14-15H,3-7,11-12H2,1-2H3/t14-/m0/s1. The Morgan fingerprint density at radius 2 is 2.04 bits per heavy atom. The number of rotatable bonds is 4. The first kappa shape index (κ1) is 17.1. The van der Waals surface area contributed by atoms with Crippen LogP contribution in [0.4, 0.5) is 0 Å². The van der Waals surface area contributed by atoms with Gasteiger partial charge in [0.05, 0.1) is 7.11 Å². The average molecular weight is 355 g/mol. The fraction of sp³-hybridized carbons (Fsp3) is 0.550. The van der Waals surface area contributed by atoms with Gasteiger partial charge in [0.25, 0.3) is 5.89 Å². The van der Waals surface area contributed by atoms with E-state index in [0.717, 1.165) is 29.7 Å². The van der Waals surface area contributed by atoms with Gasteiger partial charge in [-0.15, -0.1) is 0 Å². The molecule has 138 valence electrons. The Bertz CT molecular complexity index is 795. The predicted molar refractivity (Wildman–Crippen MR) is 97.0 cm³/mol. The number of carbonyl (C=O) groups excluding carboxylic acids is 1. The van der Waals surface area contributed by atoms with Crippen LogP contribution in [0.5, 0.6) is 5.75 Å². The fourth-order valence-corrected chi connectivity index (χ4v) is 4.16. The Morgan fingerprint density at radius 1 is 1.23 bits per heavy atom. The summed E-state index contributed by atoms with van der Waals surface area (Å²) in [7, 11) is 1.65. The quantitative estimate of drug-likeness (QED) is 0.836. The second kappa shape index (κ2) is 7.09. The van der Waals surface area contributed by atoms with Crippen LogP contribution in [0.3, 0.4) is 0 Å². The van der Waals surface area contributed by atoms with E-state index in [1.54, 1.807) is 7.11 Å². The van der Waals surface area contributed by atoms with E-state index >= 15 is 0 Å². The second-order valence-electron chi connectivity index (χ2n) is 7.38. The zero-order chi connectivity index (χ0) is 18.1. The van der Waals surface area contributed by atoms with Gasteiger partial charge in [-0.2, -0.15) is 4.98 Å². The zero-order valence-corrected chi connectivity index (χ0v) is 15.4. The smallest absolute Gasteiger partial charge is 0.258 e. The lowest BCUT2D eigenvalue weighted by Gasteiger charge is -2.31. The van der Waals surface area contributed by atoms with E-state index in [1.807, 2.05) is 25.1 Å². The van der Waals surface area contributed by atoms with Crippen LogP contribution in [-0.2, 0) is 4.79 Å². The summed E-state index contributed by atoms with van der Waals surface area (Å²) < 4.78 is 10.7. The lowest BCUT2D eigenvalue weighted by molar-refractivity contribution is -0.130. The molecule has 1 aromatic heterocycles. The van der Waals surface area contributed by atoms with Gasteiger partial charge in [-0.05, 0) is 43.5 Å². The molecule has 1 saturated carbocycles. The number of benzene rings is 1. The van der Waals surface area contributed by atoms with Gasteiger partial charge in [0.2, 0.25) is 5.91 Å². The minimum Gasteiger partial charge on any atom is -0.497 e. The minimum atomic E-state index is 0.0282. The summed E-state index contributed by atoms with van der Waals surface area (Å²) in [6, 6.07) is 6.16. The summed E-state index contributed by atoms with van der Waals surface area (Å²) in [6.07, 6.45) is 6.47. The monoisotopic (exact) mass is 355 g/mol. The number of ether oxygens (including phenoxy) is 1. The molecule has 1 aliphatic carbocycles. The molecule has 2 fully saturated rings. The zero-order valence-electron chi connectivity index (χ0n) is 15.4. The maximum absolute atomic E-state index is 12.5. The van der Waals surface area contributed by atoms with Gasteiger partial charge in [0, 0.05) is 30.5 Å². The number of amides is 1. The van der Waals surface area contributed by atoms with Gasteiger partial charge in [0.1, 0.15) is 5.75 Å². The molecule has 2 aromatic rings. The van der Waals surface area contributed by atoms with Crippen molar-refractivity contribution in [3.8, 4) is 17.2 Å². The number of aromatic nitrogens is 2. The topological polar surface area (TPSA) is 68.5 Å². The van der Waals surface area contributed by atoms with E-state index in [2.05, 4.69) is 15.0 Å². The van der Waals surface area contributed by atoms with Gasteiger partial charge in [-0.25, -0.2) is 0 Å². The molecule has 1 aromatic carbocycles. The van der Waals surface area contributed by atoms with Crippen molar-refractivity contribution in [2.45, 2.75) is 57.4 Å². The third kappa shape index (κ3) is 3.20. The first-order valence-electron chi connectivity index (χ1n) is 9.44. The maximum Gasteiger partial charge on any atom is 0.258 e. The van der Waals surface area contributed by atoms with Crippen LogP contribution in [0.25, 0.3) is 11.5 Å². The number of methoxy groups -OCH3 is 1. The number of hydrogen-bond acceptors (Lipinski definition) is 5. The molecule has 2 heterocycles. The molecule has 0 unspecified atom stereocenters. The van der Waals surface area contributed by atoms with Crippen LogP contribution in [-0.4, -0.2) is 40.6 Å². The molecule has 0 bridgehead atoms. The molecule has 0 spiro atoms. The van der Waals surface area contributed by atoms with E-state index in [-0.39, 0.29) is 11.8 Å². The van der Waals surface area contributed by atoms with Crippen molar-refractivity contribution in [1.82, 2.24) is 15.0 Å². The Labute approximate surface area is 153 Å². The maximum atomic E-state index is 12.5. The highest BCUT2D eigenvalue weighted by Gasteiger charge is 2.37. The Hall–Kier alpha value is -2.37. The summed E-state index contributed by atoms with van der Waals surface area (Å²) in [6.45, 7) is 2.70. The molecule has 1 atom stereocenters. The second-order valence-corrected chi connectivity index (χ2v) is 7.38. The van der Waals surface area contributed by atoms with Crippen molar-refractivity contribution in [2.24, 2.45) is 0 Å². The lowest BCUT2D eigenvalue weighted by Crippen LogP contribution is -2.37. The fourth-order valence-electron chi connectivity index (χ4n) is 4.16. The highest BCUT2D eigenvalue weighted by atomic mass is 16.5. The van der Waals surface area contributed by atoms with Crippen molar-refractivity contribution in [1.29, 1.82) is 0 Å². The van der Waals surface area contributed by atoms with Crippen LogP contribution >= 0.6 is 0 Å². The summed E-state index contributed by atoms with van der Waals surface area (Å²) in [4.78, 5) is 19.1. The minimum absolute atomic E-state index is 0.0282. The summed E-state index contributed by atoms with van der Waals surface area (Å²) in [5.74, 6) is 2.20. The third-order valence-electron chi connectivity index (χ3n) is 5.64. The summed E-state index contributed by atoms with van der Waals surface area (Å²) in [5, 5.41) is 4.18. The molecular formula is C20H25N3O3. The Balaban J connectivity index is 1.50. The molecular weight excluding hydrogens is 330 g/mol. The van der Waals surface area contributed by atoms with Gasteiger partial charge >= 0.3 is 0 Å². The van der Waals surface area contributed by atoms with Crippen molar-refractivity contribution in [2.75, 3.05) is 13.7 Å². The van der Waals surface area contributed by atoms with E-state index in [9.17, 15) is 4.79 Å². The summed E-state index contributed by atoms with van der Waals surface area (Å²) in [5.41, 5.74) is 1.92. The van der Waals surface area contributed by atoms with Crippen molar-refractivity contribution >= 4 is 5.91 Å². The average Bonchev–Trinajstić information content (AvgIpc) is 3.29. The van der Waals surface area contributed by atoms with Crippen LogP contribution < -0.4 is 4.74 Å². The van der Waals surface area contributed by atoms with Crippen LogP contribution in [0.2, 0.25) is 0 Å². The first-order valence-corrected chi connectivity index (χ1v) is 9.44. The van der Waals surface area contributed by atoms with Gasteiger partial charge < -0.3 is 14.2 Å². The third-order valence-corrected chi connectivity index (χ3v) is 5.64. The predicted octanol–water partition coefficient (Wildman–Crippen LogP) is 3.70. The molecule has 1 aliphatic heterocycles. The molecule has 6 heteroatoms. The van der Waals surface area contributed by atoms with Gasteiger partial charge in [-0.1, -0.05) is 24.4 Å². The Morgan fingerprint density at radius 3 is 2.77 bits per heavy atom. The van der Waals surface area contributed by atoms with E-state index < -0.39 is 0 Å². The Kier molecular flexibility index (Phi) is 4.66. The molecule has 26 heavy (non-hydrogen) atoms. The molecule has 0 radical (unpaired) electrons. The number of hydrogen-bond donors (Lipinski definition) is 0. The van der Waals surface area contributed by atoms with E-state index in [1.165, 1.54) is 19.3 Å². The van der Waals surface area contributed by atoms with Gasteiger partial charge in [0.15, 0.2) is 5.82 Å². The molecule has 1 saturated heterocycles. The number of likely N-dealkylation sites (tertiary alicyclic amines) is 1. The molecule has 6 nitrogen and oxygen atoms in total. The van der Waals surface area contributed by atoms with Crippen molar-refractivity contribution in [3.05, 3.63) is 29.6 Å². The van der Waals surface area contributed by atoms with Crippen LogP contribution in [0, 0.1) is 6.92 Å².